The summed E-state index contributed by atoms with van der Waals surface area (Å²) in [4.78, 5) is 22.4. The van der Waals surface area contributed by atoms with E-state index in [1.54, 1.807) is 30.3 Å². The molecule has 0 radical (unpaired) electrons. The predicted molar refractivity (Wildman–Crippen MR) is 73.9 cm³/mol. The Morgan fingerprint density at radius 2 is 2.00 bits per heavy atom. The summed E-state index contributed by atoms with van der Waals surface area (Å²) in [6.45, 7) is -0.487. The van der Waals surface area contributed by atoms with Gasteiger partial charge in [-0.05, 0) is 40.2 Å². The van der Waals surface area contributed by atoms with Crippen molar-refractivity contribution in [1.29, 1.82) is 0 Å². The van der Waals surface area contributed by atoms with Crippen molar-refractivity contribution in [2.75, 3.05) is 11.9 Å². The number of nitrogens with one attached hydrogen (secondary N) is 1. The molecule has 0 spiro atoms. The van der Waals surface area contributed by atoms with Crippen LogP contribution in [0.3, 0.4) is 0 Å². The largest absolute Gasteiger partial charge is 0.480 e. The van der Waals surface area contributed by atoms with Crippen molar-refractivity contribution in [2.45, 2.75) is 0 Å². The maximum atomic E-state index is 11.9. The third-order valence-electron chi connectivity index (χ3n) is 2.28. The van der Waals surface area contributed by atoms with Crippen molar-refractivity contribution in [2.24, 2.45) is 0 Å². The van der Waals surface area contributed by atoms with Gasteiger partial charge in [-0.25, -0.2) is 4.79 Å². The molecule has 2 N–H and O–H groups in total. The molecule has 1 amide bonds. The number of amides is 1. The summed E-state index contributed by atoms with van der Waals surface area (Å²) >= 11 is 3.10. The average molecular weight is 340 g/mol. The molecule has 104 valence electrons. The van der Waals surface area contributed by atoms with Crippen molar-refractivity contribution in [1.82, 2.24) is 0 Å². The molecule has 0 aliphatic carbocycles. The summed E-state index contributed by atoms with van der Waals surface area (Å²) in [5, 5.41) is 11.2. The number of ether oxygens (including phenoxy) is 1. The fourth-order valence-electron chi connectivity index (χ4n) is 1.46. The normalized spacial score (nSPS) is 10.1. The van der Waals surface area contributed by atoms with Gasteiger partial charge in [-0.3, -0.25) is 4.79 Å². The van der Waals surface area contributed by atoms with E-state index >= 15 is 0 Å². The highest BCUT2D eigenvalue weighted by molar-refractivity contribution is 9.10. The van der Waals surface area contributed by atoms with Crippen molar-refractivity contribution in [3.63, 3.8) is 0 Å². The van der Waals surface area contributed by atoms with Gasteiger partial charge in [0.05, 0.1) is 5.69 Å². The second kappa shape index (κ2) is 6.25. The molecule has 1 heterocycles. The van der Waals surface area contributed by atoms with Gasteiger partial charge in [-0.15, -0.1) is 0 Å². The van der Waals surface area contributed by atoms with Crippen LogP contribution in [-0.2, 0) is 4.79 Å². The van der Waals surface area contributed by atoms with Crippen molar-refractivity contribution >= 4 is 33.5 Å². The zero-order valence-corrected chi connectivity index (χ0v) is 11.7. The minimum atomic E-state index is -1.10. The Bertz CT molecular complexity index is 637. The second-order valence-corrected chi connectivity index (χ2v) is 4.52. The minimum Gasteiger partial charge on any atom is -0.480 e. The van der Waals surface area contributed by atoms with Crippen LogP contribution in [0, 0.1) is 0 Å². The highest BCUT2D eigenvalue weighted by Gasteiger charge is 2.13. The minimum absolute atomic E-state index is 0.130. The summed E-state index contributed by atoms with van der Waals surface area (Å²) in [5.74, 6) is -1.15. The summed E-state index contributed by atoms with van der Waals surface area (Å²) in [6.07, 6.45) is 0. The fourth-order valence-corrected chi connectivity index (χ4v) is 1.76. The van der Waals surface area contributed by atoms with Gasteiger partial charge in [0.15, 0.2) is 17.0 Å². The number of carboxylic acid groups (broad SMARTS) is 1. The van der Waals surface area contributed by atoms with E-state index in [-0.39, 0.29) is 11.5 Å². The van der Waals surface area contributed by atoms with Crippen LogP contribution in [-0.4, -0.2) is 23.6 Å². The first-order valence-corrected chi connectivity index (χ1v) is 6.36. The number of halogens is 1. The second-order valence-electron chi connectivity index (χ2n) is 3.74. The number of carbonyl (C=O) groups excluding carboxylic acids is 1. The lowest BCUT2D eigenvalue weighted by molar-refractivity contribution is -0.139. The first-order valence-electron chi connectivity index (χ1n) is 5.56. The van der Waals surface area contributed by atoms with Gasteiger partial charge in [-0.2, -0.15) is 0 Å². The molecular formula is C13H10BrNO5. The Morgan fingerprint density at radius 3 is 2.65 bits per heavy atom. The Morgan fingerprint density at radius 1 is 1.25 bits per heavy atom. The first-order chi connectivity index (χ1) is 9.56. The van der Waals surface area contributed by atoms with Gasteiger partial charge in [-0.1, -0.05) is 12.1 Å². The van der Waals surface area contributed by atoms with E-state index in [0.29, 0.717) is 10.4 Å². The Kier molecular flexibility index (Phi) is 4.41. The number of rotatable bonds is 5. The lowest BCUT2D eigenvalue weighted by Gasteiger charge is -2.10. The molecule has 2 aromatic rings. The SMILES string of the molecule is O=C(O)COc1ccccc1NC(=O)c1ccc(Br)o1. The Hall–Kier alpha value is -2.28. The van der Waals surface area contributed by atoms with Gasteiger partial charge in [0.2, 0.25) is 0 Å². The number of benzene rings is 1. The molecule has 20 heavy (non-hydrogen) atoms. The van der Waals surface area contributed by atoms with Gasteiger partial charge >= 0.3 is 5.97 Å². The molecule has 0 saturated carbocycles. The van der Waals surface area contributed by atoms with E-state index in [0.717, 1.165) is 0 Å². The number of para-hydroxylation sites is 2. The summed E-state index contributed by atoms with van der Waals surface area (Å²) < 4.78 is 10.7. The molecule has 0 aliphatic rings. The maximum Gasteiger partial charge on any atom is 0.341 e. The van der Waals surface area contributed by atoms with Crippen molar-refractivity contribution < 1.29 is 23.8 Å². The molecule has 0 aliphatic heterocycles. The number of hydrogen-bond acceptors (Lipinski definition) is 4. The molecule has 0 fully saturated rings. The summed E-state index contributed by atoms with van der Waals surface area (Å²) in [5.41, 5.74) is 0.367. The van der Waals surface area contributed by atoms with Crippen LogP contribution in [0.1, 0.15) is 10.6 Å². The van der Waals surface area contributed by atoms with Crippen LogP contribution < -0.4 is 10.1 Å². The lowest BCUT2D eigenvalue weighted by Crippen LogP contribution is -2.14. The molecule has 2 rings (SSSR count). The predicted octanol–water partition coefficient (Wildman–Crippen LogP) is 2.76. The smallest absolute Gasteiger partial charge is 0.341 e. The standard InChI is InChI=1S/C13H10BrNO5/c14-11-6-5-10(20-11)13(18)15-8-3-1-2-4-9(8)19-7-12(16)17/h1-6H,7H2,(H,15,18)(H,16,17). The van der Waals surface area contributed by atoms with Gasteiger partial charge in [0.25, 0.3) is 5.91 Å². The summed E-state index contributed by atoms with van der Waals surface area (Å²) in [6, 6.07) is 9.66. The zero-order valence-electron chi connectivity index (χ0n) is 10.1. The third kappa shape index (κ3) is 3.61. The van der Waals surface area contributed by atoms with Crippen LogP contribution in [0.5, 0.6) is 5.75 Å². The molecule has 0 saturated heterocycles. The number of aliphatic carboxylic acids is 1. The first kappa shape index (κ1) is 14.1. The molecule has 0 atom stereocenters. The van der Waals surface area contributed by atoms with E-state index in [9.17, 15) is 9.59 Å². The lowest BCUT2D eigenvalue weighted by atomic mass is 10.3. The molecule has 7 heteroatoms. The van der Waals surface area contributed by atoms with Crippen LogP contribution in [0.2, 0.25) is 0 Å². The Balaban J connectivity index is 2.12. The summed E-state index contributed by atoms with van der Waals surface area (Å²) in [7, 11) is 0. The van der Waals surface area contributed by atoms with Gasteiger partial charge in [0, 0.05) is 0 Å². The van der Waals surface area contributed by atoms with E-state index in [4.69, 9.17) is 14.3 Å². The van der Waals surface area contributed by atoms with Gasteiger partial charge in [0.1, 0.15) is 5.75 Å². The molecule has 0 unspecified atom stereocenters. The van der Waals surface area contributed by atoms with Crippen molar-refractivity contribution in [3.8, 4) is 5.75 Å². The van der Waals surface area contributed by atoms with E-state index < -0.39 is 18.5 Å². The quantitative estimate of drug-likeness (QED) is 0.874. The average Bonchev–Trinajstić information content (AvgIpc) is 2.84. The monoisotopic (exact) mass is 339 g/mol. The number of hydrogen-bond donors (Lipinski definition) is 2. The van der Waals surface area contributed by atoms with E-state index in [1.165, 1.54) is 6.07 Å². The topological polar surface area (TPSA) is 88.8 Å². The van der Waals surface area contributed by atoms with Crippen molar-refractivity contribution in [3.05, 3.63) is 46.8 Å². The van der Waals surface area contributed by atoms with Crippen LogP contribution in [0.15, 0.2) is 45.5 Å². The maximum absolute atomic E-state index is 11.9. The third-order valence-corrected chi connectivity index (χ3v) is 2.71. The number of carboxylic acids is 1. The fraction of sp³-hybridized carbons (Fsp3) is 0.0769. The van der Waals surface area contributed by atoms with E-state index in [2.05, 4.69) is 21.2 Å². The number of carbonyl (C=O) groups is 2. The molecule has 0 bridgehead atoms. The highest BCUT2D eigenvalue weighted by atomic mass is 79.9. The van der Waals surface area contributed by atoms with E-state index in [1.807, 2.05) is 0 Å². The van der Waals surface area contributed by atoms with Crippen LogP contribution >= 0.6 is 15.9 Å². The number of anilines is 1. The molecule has 1 aromatic heterocycles. The molecule has 6 nitrogen and oxygen atoms in total. The number of furan rings is 1. The van der Waals surface area contributed by atoms with Crippen LogP contribution in [0.4, 0.5) is 5.69 Å². The van der Waals surface area contributed by atoms with Crippen LogP contribution in [0.25, 0.3) is 0 Å². The molecular weight excluding hydrogens is 330 g/mol. The van der Waals surface area contributed by atoms with Gasteiger partial charge < -0.3 is 19.6 Å². The highest BCUT2D eigenvalue weighted by Crippen LogP contribution is 2.25. The molecule has 1 aromatic carbocycles. The zero-order chi connectivity index (χ0) is 14.5. The Labute approximate surface area is 122 Å².